The minimum Gasteiger partial charge on any atom is -0.487 e. The Bertz CT molecular complexity index is 1020. The van der Waals surface area contributed by atoms with Crippen LogP contribution in [0, 0.1) is 5.82 Å². The predicted octanol–water partition coefficient (Wildman–Crippen LogP) is 2.62. The molecule has 4 rings (SSSR count). The van der Waals surface area contributed by atoms with Gasteiger partial charge in [-0.3, -0.25) is 4.79 Å². The topological polar surface area (TPSA) is 118 Å². The highest BCUT2D eigenvalue weighted by molar-refractivity contribution is 5.99. The number of rotatable bonds is 8. The average Bonchev–Trinajstić information content (AvgIpc) is 3.18. The van der Waals surface area contributed by atoms with Gasteiger partial charge in [-0.2, -0.15) is 0 Å². The summed E-state index contributed by atoms with van der Waals surface area (Å²) in [5, 5.41) is 18.1. The summed E-state index contributed by atoms with van der Waals surface area (Å²) in [6.45, 7) is 0.605. The fraction of sp³-hybridized carbons (Fsp3) is 0.417. The highest BCUT2D eigenvalue weighted by atomic mass is 19.1. The third kappa shape index (κ3) is 5.64. The molecule has 0 radical (unpaired) electrons. The molecular formula is C24H28FN3O6. The highest BCUT2D eigenvalue weighted by Gasteiger charge is 2.46. The molecule has 34 heavy (non-hydrogen) atoms. The molecule has 1 fully saturated rings. The number of ether oxygens (including phenoxy) is 3. The molecule has 2 aromatic rings. The van der Waals surface area contributed by atoms with Gasteiger partial charge in [-0.25, -0.2) is 9.18 Å². The van der Waals surface area contributed by atoms with Crippen LogP contribution >= 0.6 is 0 Å². The third-order valence-corrected chi connectivity index (χ3v) is 5.90. The van der Waals surface area contributed by atoms with E-state index >= 15 is 0 Å². The van der Waals surface area contributed by atoms with Gasteiger partial charge in [-0.15, -0.1) is 0 Å². The number of aliphatic hydroxyl groups excluding tert-OH is 1. The largest absolute Gasteiger partial charge is 0.487 e. The van der Waals surface area contributed by atoms with Crippen LogP contribution in [0.5, 0.6) is 5.75 Å². The van der Waals surface area contributed by atoms with E-state index in [0.717, 1.165) is 5.56 Å². The minimum absolute atomic E-state index is 0.0976. The standard InChI is InChI=1S/C24H28FN3O6/c1-32-9-8-26-22(30)12-17-11-19-18-10-16(6-7-20(18)34-23(19)21(13-29)33-17)28-24(31)27-15-4-2-14(25)3-5-15/h2-7,10,17,19,21,23,29H,8-9,11-13H2,1H3,(H,26,30)(H2,27,28,31)/t17-,19-,21-,23+/m1/s1. The Hall–Kier alpha value is -3.21. The van der Waals surface area contributed by atoms with Crippen molar-refractivity contribution in [3.05, 3.63) is 53.8 Å². The molecule has 0 saturated carbocycles. The summed E-state index contributed by atoms with van der Waals surface area (Å²) >= 11 is 0. The number of hydrogen-bond acceptors (Lipinski definition) is 6. The third-order valence-electron chi connectivity index (χ3n) is 5.90. The second kappa shape index (κ2) is 10.8. The first-order valence-electron chi connectivity index (χ1n) is 11.1. The van der Waals surface area contributed by atoms with Crippen LogP contribution in [-0.4, -0.2) is 62.2 Å². The zero-order chi connectivity index (χ0) is 24.1. The number of carbonyl (C=O) groups is 2. The monoisotopic (exact) mass is 473 g/mol. The van der Waals surface area contributed by atoms with Crippen LogP contribution in [0.25, 0.3) is 0 Å². The number of benzene rings is 2. The van der Waals surface area contributed by atoms with Crippen molar-refractivity contribution in [3.63, 3.8) is 0 Å². The van der Waals surface area contributed by atoms with Crippen LogP contribution in [0.1, 0.15) is 24.3 Å². The van der Waals surface area contributed by atoms with Crippen LogP contribution in [0.15, 0.2) is 42.5 Å². The first kappa shape index (κ1) is 23.9. The molecule has 0 aliphatic carbocycles. The van der Waals surface area contributed by atoms with Crippen LogP contribution in [-0.2, 0) is 14.3 Å². The fourth-order valence-electron chi connectivity index (χ4n) is 4.37. The van der Waals surface area contributed by atoms with Crippen LogP contribution in [0.4, 0.5) is 20.6 Å². The number of halogens is 1. The molecule has 2 aliphatic heterocycles. The number of aliphatic hydroxyl groups is 1. The summed E-state index contributed by atoms with van der Waals surface area (Å²) in [4.78, 5) is 24.6. The lowest BCUT2D eigenvalue weighted by atomic mass is 9.84. The maximum Gasteiger partial charge on any atom is 0.323 e. The molecule has 4 N–H and O–H groups in total. The van der Waals surface area contributed by atoms with Crippen molar-refractivity contribution >= 4 is 23.3 Å². The molecule has 2 heterocycles. The lowest BCUT2D eigenvalue weighted by Gasteiger charge is -2.37. The van der Waals surface area contributed by atoms with Gasteiger partial charge in [0.05, 0.1) is 25.7 Å². The SMILES string of the molecule is COCCNC(=O)C[C@H]1C[C@@H]2c3cc(NC(=O)Nc4ccc(F)cc4)ccc3O[C@@H]2[C@@H](CO)O1. The lowest BCUT2D eigenvalue weighted by molar-refractivity contribution is -0.142. The number of urea groups is 1. The van der Waals surface area contributed by atoms with Crippen molar-refractivity contribution < 1.29 is 33.3 Å². The molecule has 4 atom stereocenters. The Morgan fingerprint density at radius 1 is 1.15 bits per heavy atom. The lowest BCUT2D eigenvalue weighted by Crippen LogP contribution is -2.47. The summed E-state index contributed by atoms with van der Waals surface area (Å²) in [6, 6.07) is 10.3. The molecule has 10 heteroatoms. The van der Waals surface area contributed by atoms with E-state index < -0.39 is 12.1 Å². The van der Waals surface area contributed by atoms with Gasteiger partial charge in [-0.1, -0.05) is 0 Å². The van der Waals surface area contributed by atoms with Gasteiger partial charge in [0, 0.05) is 36.5 Å². The van der Waals surface area contributed by atoms with Crippen molar-refractivity contribution in [2.75, 3.05) is 37.5 Å². The van der Waals surface area contributed by atoms with E-state index in [1.807, 2.05) is 6.07 Å². The van der Waals surface area contributed by atoms with E-state index in [1.54, 1.807) is 19.2 Å². The zero-order valence-corrected chi connectivity index (χ0v) is 18.8. The molecule has 0 bridgehead atoms. The molecule has 0 spiro atoms. The molecule has 9 nitrogen and oxygen atoms in total. The number of anilines is 2. The average molecular weight is 474 g/mol. The van der Waals surface area contributed by atoms with Crippen molar-refractivity contribution in [2.24, 2.45) is 0 Å². The number of methoxy groups -OCH3 is 1. The smallest absolute Gasteiger partial charge is 0.323 e. The van der Waals surface area contributed by atoms with E-state index in [4.69, 9.17) is 14.2 Å². The molecule has 0 aromatic heterocycles. The van der Waals surface area contributed by atoms with Gasteiger partial charge >= 0.3 is 6.03 Å². The first-order valence-corrected chi connectivity index (χ1v) is 11.1. The summed E-state index contributed by atoms with van der Waals surface area (Å²) in [6.07, 6.45) is -0.625. The maximum atomic E-state index is 13.1. The quantitative estimate of drug-likeness (QED) is 0.438. The van der Waals surface area contributed by atoms with Crippen molar-refractivity contribution in [1.29, 1.82) is 0 Å². The molecule has 3 amide bonds. The molecule has 1 saturated heterocycles. The van der Waals surface area contributed by atoms with E-state index in [1.165, 1.54) is 24.3 Å². The normalized spacial score (nSPS) is 22.8. The number of nitrogens with one attached hydrogen (secondary N) is 3. The van der Waals surface area contributed by atoms with E-state index in [0.29, 0.717) is 36.7 Å². The Labute approximate surface area is 196 Å². The van der Waals surface area contributed by atoms with Crippen LogP contribution < -0.4 is 20.7 Å². The first-order chi connectivity index (χ1) is 16.5. The van der Waals surface area contributed by atoms with Crippen molar-refractivity contribution in [3.8, 4) is 5.75 Å². The second-order valence-electron chi connectivity index (χ2n) is 8.29. The fourth-order valence-corrected chi connectivity index (χ4v) is 4.37. The van der Waals surface area contributed by atoms with Crippen LogP contribution in [0.2, 0.25) is 0 Å². The second-order valence-corrected chi connectivity index (χ2v) is 8.29. The van der Waals surface area contributed by atoms with E-state index in [-0.39, 0.29) is 42.9 Å². The predicted molar refractivity (Wildman–Crippen MR) is 123 cm³/mol. The highest BCUT2D eigenvalue weighted by Crippen LogP contribution is 2.47. The number of hydrogen-bond donors (Lipinski definition) is 4. The van der Waals surface area contributed by atoms with Gasteiger partial charge in [-0.05, 0) is 48.9 Å². The Kier molecular flexibility index (Phi) is 7.61. The van der Waals surface area contributed by atoms with Gasteiger partial charge in [0.25, 0.3) is 0 Å². The van der Waals surface area contributed by atoms with E-state index in [2.05, 4.69) is 16.0 Å². The number of fused-ring (bicyclic) bond motifs is 3. The van der Waals surface area contributed by atoms with Gasteiger partial charge in [0.1, 0.15) is 23.8 Å². The molecule has 0 unspecified atom stereocenters. The van der Waals surface area contributed by atoms with Gasteiger partial charge in [0.15, 0.2) is 0 Å². The summed E-state index contributed by atoms with van der Waals surface area (Å²) in [5.41, 5.74) is 1.91. The van der Waals surface area contributed by atoms with Crippen LogP contribution in [0.3, 0.4) is 0 Å². The maximum absolute atomic E-state index is 13.1. The number of amides is 3. The van der Waals surface area contributed by atoms with Gasteiger partial charge in [0.2, 0.25) is 5.91 Å². The molecule has 2 aromatic carbocycles. The Morgan fingerprint density at radius 3 is 2.62 bits per heavy atom. The summed E-state index contributed by atoms with van der Waals surface area (Å²) < 4.78 is 30.0. The molecule has 2 aliphatic rings. The zero-order valence-electron chi connectivity index (χ0n) is 18.8. The molecular weight excluding hydrogens is 445 g/mol. The van der Waals surface area contributed by atoms with Gasteiger partial charge < -0.3 is 35.3 Å². The summed E-state index contributed by atoms with van der Waals surface area (Å²) in [7, 11) is 1.56. The summed E-state index contributed by atoms with van der Waals surface area (Å²) in [5.74, 6) is 0.0260. The van der Waals surface area contributed by atoms with Crippen molar-refractivity contribution in [2.45, 2.75) is 37.1 Å². The molecule has 182 valence electrons. The van der Waals surface area contributed by atoms with Crippen molar-refractivity contribution in [1.82, 2.24) is 5.32 Å². The Morgan fingerprint density at radius 2 is 1.88 bits per heavy atom. The minimum atomic E-state index is -0.568. The Balaban J connectivity index is 1.42. The number of carbonyl (C=O) groups excluding carboxylic acids is 2. The van der Waals surface area contributed by atoms with E-state index in [9.17, 15) is 19.1 Å².